The van der Waals surface area contributed by atoms with Crippen LogP contribution in [0.25, 0.3) is 0 Å². The van der Waals surface area contributed by atoms with Gasteiger partial charge in [-0.3, -0.25) is 0 Å². The van der Waals surface area contributed by atoms with E-state index >= 15 is 0 Å². The number of hydrogen-bond acceptors (Lipinski definition) is 1. The van der Waals surface area contributed by atoms with Crippen LogP contribution in [0.5, 0.6) is 0 Å². The molecule has 0 aliphatic carbocycles. The Morgan fingerprint density at radius 2 is 1.89 bits per heavy atom. The van der Waals surface area contributed by atoms with Crippen molar-refractivity contribution in [3.05, 3.63) is 69.7 Å². The molecule has 2 rings (SSSR count). The van der Waals surface area contributed by atoms with Gasteiger partial charge in [0.25, 0.3) is 0 Å². The van der Waals surface area contributed by atoms with Gasteiger partial charge in [-0.25, -0.2) is 0 Å². The van der Waals surface area contributed by atoms with Crippen molar-refractivity contribution >= 4 is 11.6 Å². The maximum atomic E-state index is 6.22. The normalized spacial score (nSPS) is 12.4. The third-order valence-electron chi connectivity index (χ3n) is 3.47. The van der Waals surface area contributed by atoms with Crippen LogP contribution in [0.15, 0.2) is 42.5 Å². The molecule has 0 spiro atoms. The zero-order valence-electron chi connectivity index (χ0n) is 11.7. The first-order chi connectivity index (χ1) is 9.10. The number of aryl methyl sites for hydroxylation is 2. The van der Waals surface area contributed by atoms with Crippen LogP contribution in [-0.2, 0) is 6.42 Å². The van der Waals surface area contributed by atoms with Crippen LogP contribution in [-0.4, -0.2) is 7.05 Å². The molecule has 0 fully saturated rings. The molecule has 1 nitrogen and oxygen atoms in total. The van der Waals surface area contributed by atoms with Crippen molar-refractivity contribution in [3.63, 3.8) is 0 Å². The molecule has 2 aromatic rings. The molecule has 0 bridgehead atoms. The fourth-order valence-corrected chi connectivity index (χ4v) is 2.48. The van der Waals surface area contributed by atoms with E-state index in [4.69, 9.17) is 11.6 Å². The molecule has 1 unspecified atom stereocenters. The molecule has 1 N–H and O–H groups in total. The third-order valence-corrected chi connectivity index (χ3v) is 3.88. The Kier molecular flexibility index (Phi) is 4.62. The summed E-state index contributed by atoms with van der Waals surface area (Å²) in [4.78, 5) is 0. The molecule has 0 saturated heterocycles. The molecular formula is C17H20ClN. The number of halogens is 1. The Bertz CT molecular complexity index is 563. The minimum atomic E-state index is 0.292. The van der Waals surface area contributed by atoms with Gasteiger partial charge in [0.2, 0.25) is 0 Å². The van der Waals surface area contributed by atoms with E-state index in [1.54, 1.807) is 0 Å². The molecule has 1 atom stereocenters. The lowest BCUT2D eigenvalue weighted by molar-refractivity contribution is 0.592. The largest absolute Gasteiger partial charge is 0.313 e. The molecular weight excluding hydrogens is 254 g/mol. The van der Waals surface area contributed by atoms with Crippen LogP contribution in [0, 0.1) is 13.8 Å². The van der Waals surface area contributed by atoms with E-state index in [0.717, 1.165) is 17.0 Å². The Morgan fingerprint density at radius 1 is 1.11 bits per heavy atom. The molecule has 0 amide bonds. The number of likely N-dealkylation sites (N-methyl/N-ethyl adjacent to an activating group) is 1. The first kappa shape index (κ1) is 14.1. The Hall–Kier alpha value is -1.31. The lowest BCUT2D eigenvalue weighted by Gasteiger charge is -2.18. The first-order valence-electron chi connectivity index (χ1n) is 6.59. The van der Waals surface area contributed by atoms with Crippen LogP contribution < -0.4 is 5.32 Å². The van der Waals surface area contributed by atoms with Crippen molar-refractivity contribution < 1.29 is 0 Å². The second-order valence-corrected chi connectivity index (χ2v) is 5.45. The first-order valence-corrected chi connectivity index (χ1v) is 6.97. The Labute approximate surface area is 120 Å². The van der Waals surface area contributed by atoms with Gasteiger partial charge in [0.05, 0.1) is 0 Å². The van der Waals surface area contributed by atoms with Gasteiger partial charge in [-0.15, -0.1) is 0 Å². The smallest absolute Gasteiger partial charge is 0.0438 e. The van der Waals surface area contributed by atoms with Crippen molar-refractivity contribution in [1.29, 1.82) is 0 Å². The average molecular weight is 274 g/mol. The minimum Gasteiger partial charge on any atom is -0.313 e. The van der Waals surface area contributed by atoms with Gasteiger partial charge < -0.3 is 5.32 Å². The van der Waals surface area contributed by atoms with Crippen LogP contribution in [0.4, 0.5) is 0 Å². The predicted molar refractivity (Wildman–Crippen MR) is 82.9 cm³/mol. The lowest BCUT2D eigenvalue weighted by Crippen LogP contribution is -2.18. The van der Waals surface area contributed by atoms with Gasteiger partial charge in [0.15, 0.2) is 0 Å². The van der Waals surface area contributed by atoms with Gasteiger partial charge in [-0.1, -0.05) is 53.6 Å². The summed E-state index contributed by atoms with van der Waals surface area (Å²) < 4.78 is 0. The highest BCUT2D eigenvalue weighted by Crippen LogP contribution is 2.24. The maximum Gasteiger partial charge on any atom is 0.0438 e. The zero-order chi connectivity index (χ0) is 13.8. The fraction of sp³-hybridized carbons (Fsp3) is 0.294. The Balaban J connectivity index is 2.22. The third kappa shape index (κ3) is 3.59. The van der Waals surface area contributed by atoms with Gasteiger partial charge in [-0.2, -0.15) is 0 Å². The van der Waals surface area contributed by atoms with E-state index in [9.17, 15) is 0 Å². The van der Waals surface area contributed by atoms with Crippen LogP contribution in [0.2, 0.25) is 5.02 Å². The van der Waals surface area contributed by atoms with E-state index in [1.807, 2.05) is 14.0 Å². The molecule has 2 heteroatoms. The van der Waals surface area contributed by atoms with Gasteiger partial charge in [0, 0.05) is 11.1 Å². The number of benzene rings is 2. The summed E-state index contributed by atoms with van der Waals surface area (Å²) in [5.74, 6) is 0. The monoisotopic (exact) mass is 273 g/mol. The zero-order valence-corrected chi connectivity index (χ0v) is 12.5. The van der Waals surface area contributed by atoms with E-state index in [1.165, 1.54) is 16.7 Å². The second-order valence-electron chi connectivity index (χ2n) is 5.04. The highest BCUT2D eigenvalue weighted by Gasteiger charge is 2.11. The number of nitrogens with one attached hydrogen (secondary N) is 1. The lowest BCUT2D eigenvalue weighted by atomic mass is 9.97. The summed E-state index contributed by atoms with van der Waals surface area (Å²) in [7, 11) is 1.99. The summed E-state index contributed by atoms with van der Waals surface area (Å²) >= 11 is 6.22. The minimum absolute atomic E-state index is 0.292. The quantitative estimate of drug-likeness (QED) is 0.867. The maximum absolute atomic E-state index is 6.22. The summed E-state index contributed by atoms with van der Waals surface area (Å²) in [5, 5.41) is 4.21. The summed E-state index contributed by atoms with van der Waals surface area (Å²) in [6, 6.07) is 15.2. The van der Waals surface area contributed by atoms with E-state index in [-0.39, 0.29) is 0 Å². The van der Waals surface area contributed by atoms with Crippen molar-refractivity contribution in [2.45, 2.75) is 26.3 Å². The van der Waals surface area contributed by atoms with E-state index < -0.39 is 0 Å². The number of rotatable bonds is 4. The van der Waals surface area contributed by atoms with Crippen LogP contribution in [0.1, 0.15) is 28.3 Å². The van der Waals surface area contributed by atoms with Crippen molar-refractivity contribution in [2.24, 2.45) is 0 Å². The summed E-state index contributed by atoms with van der Waals surface area (Å²) in [5.41, 5.74) is 5.00. The SMILES string of the molecule is CNC(Cc1cccc(C)c1)c1ccc(C)c(Cl)c1. The van der Waals surface area contributed by atoms with Crippen molar-refractivity contribution in [2.75, 3.05) is 7.05 Å². The molecule has 0 saturated carbocycles. The van der Waals surface area contributed by atoms with Crippen LogP contribution >= 0.6 is 11.6 Å². The predicted octanol–water partition coefficient (Wildman–Crippen LogP) is 4.46. The standard InChI is InChI=1S/C17H20ClN/c1-12-5-4-6-14(9-12)10-17(19-3)15-8-7-13(2)16(18)11-15/h4-9,11,17,19H,10H2,1-3H3. The van der Waals surface area contributed by atoms with Gasteiger partial charge >= 0.3 is 0 Å². The van der Waals surface area contributed by atoms with Crippen molar-refractivity contribution in [1.82, 2.24) is 5.32 Å². The molecule has 100 valence electrons. The summed E-state index contributed by atoms with van der Waals surface area (Å²) in [6.07, 6.45) is 0.970. The molecule has 0 aromatic heterocycles. The highest BCUT2D eigenvalue weighted by atomic mass is 35.5. The number of hydrogen-bond donors (Lipinski definition) is 1. The molecule has 0 aliphatic heterocycles. The molecule has 19 heavy (non-hydrogen) atoms. The highest BCUT2D eigenvalue weighted by molar-refractivity contribution is 6.31. The topological polar surface area (TPSA) is 12.0 Å². The summed E-state index contributed by atoms with van der Waals surface area (Å²) in [6.45, 7) is 4.15. The molecule has 0 aliphatic rings. The van der Waals surface area contributed by atoms with E-state index in [0.29, 0.717) is 6.04 Å². The fourth-order valence-electron chi connectivity index (χ4n) is 2.29. The molecule has 0 radical (unpaired) electrons. The average Bonchev–Trinajstić information content (AvgIpc) is 2.39. The van der Waals surface area contributed by atoms with E-state index in [2.05, 4.69) is 54.7 Å². The molecule has 2 aromatic carbocycles. The molecule has 0 heterocycles. The Morgan fingerprint density at radius 3 is 2.53 bits per heavy atom. The van der Waals surface area contributed by atoms with Gasteiger partial charge in [0.1, 0.15) is 0 Å². The van der Waals surface area contributed by atoms with Crippen LogP contribution in [0.3, 0.4) is 0 Å². The second kappa shape index (κ2) is 6.23. The van der Waals surface area contributed by atoms with Gasteiger partial charge in [-0.05, 0) is 50.1 Å². The van der Waals surface area contributed by atoms with Crippen molar-refractivity contribution in [3.8, 4) is 0 Å².